The second kappa shape index (κ2) is 6.17. The predicted molar refractivity (Wildman–Crippen MR) is 111 cm³/mol. The van der Waals surface area contributed by atoms with Crippen LogP contribution in [0.15, 0.2) is 90.4 Å². The zero-order valence-electron chi connectivity index (χ0n) is 15.6. The molecular weight excluding hydrogens is 364 g/mol. The molecule has 0 spiro atoms. The Labute approximate surface area is 168 Å². The summed E-state index contributed by atoms with van der Waals surface area (Å²) in [6.45, 7) is 0. The van der Waals surface area contributed by atoms with Crippen LogP contribution in [-0.2, 0) is 5.41 Å². The number of phenols is 2. The Hall–Kier alpha value is -3.66. The number of phenolic OH excluding ortho intramolecular Hbond substituents is 2. The first-order valence-corrected chi connectivity index (χ1v) is 9.54. The van der Waals surface area contributed by atoms with Gasteiger partial charge in [-0.2, -0.15) is 0 Å². The summed E-state index contributed by atoms with van der Waals surface area (Å²) < 4.78 is 0. The molecule has 3 aromatic carbocycles. The fraction of sp³-hybridized carbons (Fsp3) is 0.120. The summed E-state index contributed by atoms with van der Waals surface area (Å²) in [6, 6.07) is 21.2. The summed E-state index contributed by atoms with van der Waals surface area (Å²) >= 11 is 0. The van der Waals surface area contributed by atoms with Crippen LogP contribution in [0.4, 0.5) is 0 Å². The van der Waals surface area contributed by atoms with Crippen molar-refractivity contribution in [3.8, 4) is 22.6 Å². The molecule has 5 rings (SSSR count). The van der Waals surface area contributed by atoms with E-state index in [1.165, 1.54) is 12.1 Å². The summed E-state index contributed by atoms with van der Waals surface area (Å²) in [7, 11) is 0. The molecule has 1 atom stereocenters. The molecule has 0 saturated carbocycles. The van der Waals surface area contributed by atoms with Crippen molar-refractivity contribution in [3.05, 3.63) is 107 Å². The van der Waals surface area contributed by atoms with Gasteiger partial charge in [0.05, 0.1) is 5.41 Å². The number of hydrogen-bond donors (Lipinski definition) is 4. The van der Waals surface area contributed by atoms with Crippen molar-refractivity contribution in [3.63, 3.8) is 0 Å². The van der Waals surface area contributed by atoms with Gasteiger partial charge in [-0.3, -0.25) is 0 Å². The minimum atomic E-state index is -0.691. The molecule has 2 aliphatic carbocycles. The SMILES string of the molecule is OC1=C(O)CC(C2(c3ccc(O)c(O)c3)c3ccccc3-c3ccccc32)C=C1. The molecule has 1 unspecified atom stereocenters. The number of hydrogen-bond acceptors (Lipinski definition) is 4. The lowest BCUT2D eigenvalue weighted by atomic mass is 9.62. The lowest BCUT2D eigenvalue weighted by molar-refractivity contribution is 0.284. The maximum atomic E-state index is 10.4. The highest BCUT2D eigenvalue weighted by atomic mass is 16.3. The highest BCUT2D eigenvalue weighted by Crippen LogP contribution is 2.58. The number of aromatic hydroxyl groups is 2. The van der Waals surface area contributed by atoms with Gasteiger partial charge >= 0.3 is 0 Å². The van der Waals surface area contributed by atoms with E-state index in [1.807, 2.05) is 36.4 Å². The Balaban J connectivity index is 1.88. The third-order valence-corrected chi connectivity index (χ3v) is 6.18. The van der Waals surface area contributed by atoms with E-state index in [9.17, 15) is 20.4 Å². The smallest absolute Gasteiger partial charge is 0.157 e. The monoisotopic (exact) mass is 384 g/mol. The van der Waals surface area contributed by atoms with Crippen molar-refractivity contribution in [1.29, 1.82) is 0 Å². The van der Waals surface area contributed by atoms with E-state index in [2.05, 4.69) is 24.3 Å². The van der Waals surface area contributed by atoms with Gasteiger partial charge in [0.1, 0.15) is 5.76 Å². The van der Waals surface area contributed by atoms with Crippen molar-refractivity contribution in [2.24, 2.45) is 5.92 Å². The molecule has 3 aromatic rings. The molecule has 0 radical (unpaired) electrons. The minimum Gasteiger partial charge on any atom is -0.508 e. The number of allylic oxidation sites excluding steroid dienone is 3. The molecule has 0 heterocycles. The van der Waals surface area contributed by atoms with Crippen LogP contribution in [0.2, 0.25) is 0 Å². The predicted octanol–water partition coefficient (Wildman–Crippen LogP) is 5.32. The van der Waals surface area contributed by atoms with Crippen LogP contribution < -0.4 is 0 Å². The van der Waals surface area contributed by atoms with Gasteiger partial charge < -0.3 is 20.4 Å². The molecule has 2 aliphatic rings. The third-order valence-electron chi connectivity index (χ3n) is 6.18. The Bertz CT molecular complexity index is 1140. The van der Waals surface area contributed by atoms with Gasteiger partial charge in [-0.25, -0.2) is 0 Å². The lowest BCUT2D eigenvalue weighted by Crippen LogP contribution is -2.36. The van der Waals surface area contributed by atoms with E-state index in [1.54, 1.807) is 6.07 Å². The molecule has 4 heteroatoms. The average Bonchev–Trinajstić information content (AvgIpc) is 3.04. The van der Waals surface area contributed by atoms with Gasteiger partial charge in [0, 0.05) is 12.3 Å². The fourth-order valence-electron chi connectivity index (χ4n) is 4.94. The van der Waals surface area contributed by atoms with Gasteiger partial charge in [-0.15, -0.1) is 0 Å². The van der Waals surface area contributed by atoms with Crippen LogP contribution in [0.5, 0.6) is 11.5 Å². The average molecular weight is 384 g/mol. The number of fused-ring (bicyclic) bond motifs is 3. The highest BCUT2D eigenvalue weighted by molar-refractivity contribution is 5.84. The van der Waals surface area contributed by atoms with Crippen molar-refractivity contribution in [1.82, 2.24) is 0 Å². The minimum absolute atomic E-state index is 0.0539. The van der Waals surface area contributed by atoms with Crippen molar-refractivity contribution in [2.75, 3.05) is 0 Å². The highest BCUT2D eigenvalue weighted by Gasteiger charge is 2.50. The van der Waals surface area contributed by atoms with E-state index in [4.69, 9.17) is 0 Å². The Morgan fingerprint density at radius 3 is 1.93 bits per heavy atom. The standard InChI is InChI=1S/C25H20O4/c26-21-11-9-15(13-23(21)28)25(16-10-12-22(27)24(29)14-16)19-7-3-1-5-17(19)18-6-2-4-8-20(18)25/h1-13,16,26-29H,14H2. The first-order chi connectivity index (χ1) is 14.0. The Morgan fingerprint density at radius 2 is 1.34 bits per heavy atom. The maximum Gasteiger partial charge on any atom is 0.157 e. The first-order valence-electron chi connectivity index (χ1n) is 9.54. The number of aliphatic hydroxyl groups excluding tert-OH is 2. The van der Waals surface area contributed by atoms with E-state index in [0.717, 1.165) is 27.8 Å². The van der Waals surface area contributed by atoms with Gasteiger partial charge in [-0.1, -0.05) is 60.7 Å². The van der Waals surface area contributed by atoms with Crippen LogP contribution in [0.25, 0.3) is 11.1 Å². The molecule has 0 aromatic heterocycles. The Kier molecular flexibility index (Phi) is 3.71. The fourth-order valence-corrected chi connectivity index (χ4v) is 4.94. The van der Waals surface area contributed by atoms with Crippen LogP contribution >= 0.6 is 0 Å². The van der Waals surface area contributed by atoms with Crippen LogP contribution in [0, 0.1) is 5.92 Å². The molecule has 0 fully saturated rings. The van der Waals surface area contributed by atoms with Crippen LogP contribution in [0.3, 0.4) is 0 Å². The zero-order chi connectivity index (χ0) is 20.2. The van der Waals surface area contributed by atoms with E-state index in [-0.39, 0.29) is 35.4 Å². The van der Waals surface area contributed by atoms with Gasteiger partial charge in [0.25, 0.3) is 0 Å². The number of rotatable bonds is 2. The molecule has 0 aliphatic heterocycles. The van der Waals surface area contributed by atoms with Crippen LogP contribution in [0.1, 0.15) is 23.1 Å². The summed E-state index contributed by atoms with van der Waals surface area (Å²) in [4.78, 5) is 0. The molecule has 4 N–H and O–H groups in total. The quantitative estimate of drug-likeness (QED) is 0.451. The van der Waals surface area contributed by atoms with Crippen molar-refractivity contribution in [2.45, 2.75) is 11.8 Å². The van der Waals surface area contributed by atoms with E-state index in [0.29, 0.717) is 0 Å². The van der Waals surface area contributed by atoms with E-state index < -0.39 is 5.41 Å². The lowest BCUT2D eigenvalue weighted by Gasteiger charge is -2.40. The second-order valence-corrected chi connectivity index (χ2v) is 7.60. The molecule has 0 saturated heterocycles. The molecule has 4 nitrogen and oxygen atoms in total. The van der Waals surface area contributed by atoms with Gasteiger partial charge in [-0.05, 0) is 46.0 Å². The molecule has 0 amide bonds. The van der Waals surface area contributed by atoms with Crippen LogP contribution in [-0.4, -0.2) is 20.4 Å². The summed E-state index contributed by atoms with van der Waals surface area (Å²) in [5, 5.41) is 40.5. The molecular formula is C25H20O4. The third kappa shape index (κ3) is 2.32. The Morgan fingerprint density at radius 1 is 0.724 bits per heavy atom. The number of benzene rings is 3. The summed E-state index contributed by atoms with van der Waals surface area (Å²) in [6.07, 6.45) is 3.71. The molecule has 0 bridgehead atoms. The molecule has 144 valence electrons. The summed E-state index contributed by atoms with van der Waals surface area (Å²) in [5.74, 6) is -0.743. The van der Waals surface area contributed by atoms with Gasteiger partial charge in [0.15, 0.2) is 17.3 Å². The normalized spacial score (nSPS) is 19.1. The van der Waals surface area contributed by atoms with Crippen molar-refractivity contribution >= 4 is 0 Å². The van der Waals surface area contributed by atoms with Crippen molar-refractivity contribution < 1.29 is 20.4 Å². The van der Waals surface area contributed by atoms with Gasteiger partial charge in [0.2, 0.25) is 0 Å². The maximum absolute atomic E-state index is 10.4. The topological polar surface area (TPSA) is 80.9 Å². The first kappa shape index (κ1) is 17.4. The zero-order valence-corrected chi connectivity index (χ0v) is 15.6. The molecule has 29 heavy (non-hydrogen) atoms. The number of aliphatic hydroxyl groups is 2. The van der Waals surface area contributed by atoms with E-state index >= 15 is 0 Å². The summed E-state index contributed by atoms with van der Waals surface area (Å²) in [5.41, 5.74) is 4.45. The largest absolute Gasteiger partial charge is 0.508 e. The second-order valence-electron chi connectivity index (χ2n) is 7.60.